The van der Waals surface area contributed by atoms with Crippen LogP contribution in [0.1, 0.15) is 12.5 Å². The van der Waals surface area contributed by atoms with Crippen molar-refractivity contribution in [2.75, 3.05) is 11.9 Å². The quantitative estimate of drug-likeness (QED) is 0.752. The largest absolute Gasteiger partial charge is 0.384 e. The third-order valence-electron chi connectivity index (χ3n) is 3.30. The SMILES string of the molecule is CC(O)(CNC(=O)C(=O)Nc1ccc(Cl)cc1)c1ccccc1. The van der Waals surface area contributed by atoms with Crippen LogP contribution in [0.5, 0.6) is 0 Å². The van der Waals surface area contributed by atoms with Crippen LogP contribution in [0.3, 0.4) is 0 Å². The van der Waals surface area contributed by atoms with Crippen molar-refractivity contribution in [3.05, 3.63) is 65.2 Å². The summed E-state index contributed by atoms with van der Waals surface area (Å²) in [5, 5.41) is 15.8. The first-order valence-corrected chi connectivity index (χ1v) is 7.39. The normalized spacial score (nSPS) is 13.0. The zero-order valence-corrected chi connectivity index (χ0v) is 13.3. The summed E-state index contributed by atoms with van der Waals surface area (Å²) in [4.78, 5) is 23.6. The summed E-state index contributed by atoms with van der Waals surface area (Å²) in [6, 6.07) is 15.3. The molecule has 0 fully saturated rings. The number of amides is 2. The van der Waals surface area contributed by atoms with Crippen molar-refractivity contribution in [2.24, 2.45) is 0 Å². The van der Waals surface area contributed by atoms with Crippen LogP contribution in [-0.2, 0) is 15.2 Å². The van der Waals surface area contributed by atoms with Gasteiger partial charge in [-0.1, -0.05) is 41.9 Å². The molecule has 1 atom stereocenters. The number of aliphatic hydroxyl groups is 1. The van der Waals surface area contributed by atoms with Crippen molar-refractivity contribution in [2.45, 2.75) is 12.5 Å². The van der Waals surface area contributed by atoms with Crippen LogP contribution in [0.25, 0.3) is 0 Å². The lowest BCUT2D eigenvalue weighted by atomic mass is 9.96. The van der Waals surface area contributed by atoms with E-state index in [2.05, 4.69) is 10.6 Å². The molecule has 2 amide bonds. The number of halogens is 1. The Morgan fingerprint density at radius 2 is 1.65 bits per heavy atom. The molecule has 0 aliphatic rings. The number of nitrogens with one attached hydrogen (secondary N) is 2. The molecule has 0 aliphatic heterocycles. The van der Waals surface area contributed by atoms with E-state index >= 15 is 0 Å². The van der Waals surface area contributed by atoms with E-state index in [4.69, 9.17) is 11.6 Å². The highest BCUT2D eigenvalue weighted by molar-refractivity contribution is 6.39. The van der Waals surface area contributed by atoms with Crippen LogP contribution in [0.15, 0.2) is 54.6 Å². The fourth-order valence-electron chi connectivity index (χ4n) is 1.95. The molecule has 120 valence electrons. The molecule has 3 N–H and O–H groups in total. The molecule has 2 rings (SSSR count). The van der Waals surface area contributed by atoms with E-state index in [0.717, 1.165) is 0 Å². The van der Waals surface area contributed by atoms with Gasteiger partial charge in [0, 0.05) is 10.7 Å². The van der Waals surface area contributed by atoms with Gasteiger partial charge in [-0.3, -0.25) is 9.59 Å². The molecule has 23 heavy (non-hydrogen) atoms. The lowest BCUT2D eigenvalue weighted by Crippen LogP contribution is -2.43. The van der Waals surface area contributed by atoms with Crippen molar-refractivity contribution in [3.63, 3.8) is 0 Å². The van der Waals surface area contributed by atoms with Crippen LogP contribution in [-0.4, -0.2) is 23.5 Å². The lowest BCUT2D eigenvalue weighted by Gasteiger charge is -2.24. The van der Waals surface area contributed by atoms with E-state index in [-0.39, 0.29) is 6.54 Å². The summed E-state index contributed by atoms with van der Waals surface area (Å²) in [6.45, 7) is 1.49. The molecule has 0 aliphatic carbocycles. The Bertz CT molecular complexity index is 685. The van der Waals surface area contributed by atoms with E-state index in [1.807, 2.05) is 6.07 Å². The highest BCUT2D eigenvalue weighted by Crippen LogP contribution is 2.19. The molecular formula is C17H17ClN2O3. The molecule has 2 aromatic carbocycles. The minimum atomic E-state index is -1.27. The fraction of sp³-hybridized carbons (Fsp3) is 0.176. The number of rotatable bonds is 4. The smallest absolute Gasteiger partial charge is 0.313 e. The van der Waals surface area contributed by atoms with Gasteiger partial charge < -0.3 is 15.7 Å². The molecule has 0 spiro atoms. The predicted molar refractivity (Wildman–Crippen MR) is 89.1 cm³/mol. The predicted octanol–water partition coefficient (Wildman–Crippen LogP) is 2.30. The Hall–Kier alpha value is -2.37. The van der Waals surface area contributed by atoms with Gasteiger partial charge in [-0.25, -0.2) is 0 Å². The summed E-state index contributed by atoms with van der Waals surface area (Å²) in [7, 11) is 0. The number of hydrogen-bond acceptors (Lipinski definition) is 3. The Balaban J connectivity index is 1.91. The first kappa shape index (κ1) is 17.0. The summed E-state index contributed by atoms with van der Waals surface area (Å²) < 4.78 is 0. The van der Waals surface area contributed by atoms with Crippen molar-refractivity contribution < 1.29 is 14.7 Å². The van der Waals surface area contributed by atoms with Crippen LogP contribution in [0, 0.1) is 0 Å². The first-order valence-electron chi connectivity index (χ1n) is 7.01. The van der Waals surface area contributed by atoms with Gasteiger partial charge in [-0.15, -0.1) is 0 Å². The van der Waals surface area contributed by atoms with Gasteiger partial charge in [-0.05, 0) is 36.8 Å². The number of carbonyl (C=O) groups excluding carboxylic acids is 2. The number of carbonyl (C=O) groups is 2. The second kappa shape index (κ2) is 7.26. The zero-order valence-electron chi connectivity index (χ0n) is 12.5. The monoisotopic (exact) mass is 332 g/mol. The minimum absolute atomic E-state index is 0.0795. The topological polar surface area (TPSA) is 78.4 Å². The molecule has 6 heteroatoms. The second-order valence-electron chi connectivity index (χ2n) is 5.28. The van der Waals surface area contributed by atoms with Gasteiger partial charge in [0.05, 0.1) is 6.54 Å². The van der Waals surface area contributed by atoms with Crippen molar-refractivity contribution >= 4 is 29.1 Å². The van der Waals surface area contributed by atoms with Gasteiger partial charge in [-0.2, -0.15) is 0 Å². The number of benzene rings is 2. The zero-order chi connectivity index (χ0) is 16.9. The molecule has 0 saturated heterocycles. The van der Waals surface area contributed by atoms with Crippen molar-refractivity contribution in [1.82, 2.24) is 5.32 Å². The lowest BCUT2D eigenvalue weighted by molar-refractivity contribution is -0.136. The third-order valence-corrected chi connectivity index (χ3v) is 3.55. The van der Waals surface area contributed by atoms with E-state index in [0.29, 0.717) is 16.3 Å². The van der Waals surface area contributed by atoms with Gasteiger partial charge >= 0.3 is 11.8 Å². The van der Waals surface area contributed by atoms with Crippen molar-refractivity contribution in [3.8, 4) is 0 Å². The maximum absolute atomic E-state index is 11.8. The number of hydrogen-bond donors (Lipinski definition) is 3. The maximum atomic E-state index is 11.8. The highest BCUT2D eigenvalue weighted by atomic mass is 35.5. The van der Waals surface area contributed by atoms with Crippen LogP contribution < -0.4 is 10.6 Å². The van der Waals surface area contributed by atoms with E-state index in [1.165, 1.54) is 0 Å². The highest BCUT2D eigenvalue weighted by Gasteiger charge is 2.25. The third kappa shape index (κ3) is 4.81. The summed E-state index contributed by atoms with van der Waals surface area (Å²) in [6.07, 6.45) is 0. The molecule has 0 saturated carbocycles. The van der Waals surface area contributed by atoms with Gasteiger partial charge in [0.2, 0.25) is 0 Å². The molecule has 0 bridgehead atoms. The maximum Gasteiger partial charge on any atom is 0.313 e. The Labute approximate surface area is 139 Å². The van der Waals surface area contributed by atoms with Crippen LogP contribution in [0.4, 0.5) is 5.69 Å². The summed E-state index contributed by atoms with van der Waals surface area (Å²) in [5.74, 6) is -1.63. The molecule has 2 aromatic rings. The minimum Gasteiger partial charge on any atom is -0.384 e. The van der Waals surface area contributed by atoms with Gasteiger partial charge in [0.1, 0.15) is 5.60 Å². The Kier molecular flexibility index (Phi) is 5.36. The molecule has 0 radical (unpaired) electrons. The number of anilines is 1. The summed E-state index contributed by atoms with van der Waals surface area (Å²) in [5.41, 5.74) is -0.153. The van der Waals surface area contributed by atoms with Gasteiger partial charge in [0.25, 0.3) is 0 Å². The Morgan fingerprint density at radius 1 is 1.04 bits per heavy atom. The summed E-state index contributed by atoms with van der Waals surface area (Å²) >= 11 is 5.75. The molecule has 0 heterocycles. The average molecular weight is 333 g/mol. The Morgan fingerprint density at radius 3 is 2.26 bits per heavy atom. The van der Waals surface area contributed by atoms with E-state index in [9.17, 15) is 14.7 Å². The van der Waals surface area contributed by atoms with Crippen LogP contribution >= 0.6 is 11.6 Å². The second-order valence-corrected chi connectivity index (χ2v) is 5.72. The molecule has 5 nitrogen and oxygen atoms in total. The molecular weight excluding hydrogens is 316 g/mol. The van der Waals surface area contributed by atoms with E-state index in [1.54, 1.807) is 55.5 Å². The van der Waals surface area contributed by atoms with Gasteiger partial charge in [0.15, 0.2) is 0 Å². The molecule has 1 unspecified atom stereocenters. The standard InChI is InChI=1S/C17H17ClN2O3/c1-17(23,12-5-3-2-4-6-12)11-19-15(21)16(22)20-14-9-7-13(18)8-10-14/h2-10,23H,11H2,1H3,(H,19,21)(H,20,22). The van der Waals surface area contributed by atoms with Crippen LogP contribution in [0.2, 0.25) is 5.02 Å². The average Bonchev–Trinajstić information content (AvgIpc) is 2.55. The first-order chi connectivity index (χ1) is 10.9. The van der Waals surface area contributed by atoms with Crippen molar-refractivity contribution in [1.29, 1.82) is 0 Å². The fourth-order valence-corrected chi connectivity index (χ4v) is 2.08. The molecule has 0 aromatic heterocycles. The van der Waals surface area contributed by atoms with E-state index < -0.39 is 17.4 Å².